The van der Waals surface area contributed by atoms with E-state index in [0.29, 0.717) is 11.1 Å². The van der Waals surface area contributed by atoms with Gasteiger partial charge < -0.3 is 0 Å². The molecular formula is C12H7ClFNO. The molecule has 0 spiro atoms. The van der Waals surface area contributed by atoms with Gasteiger partial charge in [-0.25, -0.2) is 4.39 Å². The molecule has 2 rings (SSSR count). The Bertz CT molecular complexity index is 528. The van der Waals surface area contributed by atoms with Crippen LogP contribution >= 0.6 is 11.6 Å². The molecule has 0 saturated heterocycles. The Morgan fingerprint density at radius 3 is 2.75 bits per heavy atom. The van der Waals surface area contributed by atoms with Crippen molar-refractivity contribution in [2.45, 2.75) is 0 Å². The van der Waals surface area contributed by atoms with E-state index in [4.69, 9.17) is 11.6 Å². The Hall–Kier alpha value is -1.74. The Morgan fingerprint density at radius 2 is 2.12 bits per heavy atom. The SMILES string of the molecule is O=C(Cl)c1ccc(F)cc1-c1cccnc1. The highest BCUT2D eigenvalue weighted by Gasteiger charge is 2.11. The molecule has 0 bridgehead atoms. The van der Waals surface area contributed by atoms with Crippen LogP contribution in [0.5, 0.6) is 0 Å². The molecule has 0 fully saturated rings. The number of pyridine rings is 1. The third-order valence-corrected chi connectivity index (χ3v) is 2.37. The Balaban J connectivity index is 2.63. The lowest BCUT2D eigenvalue weighted by Crippen LogP contribution is -1.95. The minimum Gasteiger partial charge on any atom is -0.276 e. The number of aromatic nitrogens is 1. The van der Waals surface area contributed by atoms with E-state index in [1.54, 1.807) is 24.5 Å². The van der Waals surface area contributed by atoms with Gasteiger partial charge in [0.1, 0.15) is 5.82 Å². The van der Waals surface area contributed by atoms with Crippen LogP contribution in [0.2, 0.25) is 0 Å². The second kappa shape index (κ2) is 4.41. The van der Waals surface area contributed by atoms with E-state index in [1.807, 2.05) is 0 Å². The van der Waals surface area contributed by atoms with Gasteiger partial charge in [-0.15, -0.1) is 0 Å². The second-order valence-corrected chi connectivity index (χ2v) is 3.55. The fourth-order valence-corrected chi connectivity index (χ4v) is 1.61. The molecule has 2 aromatic rings. The zero-order chi connectivity index (χ0) is 11.5. The number of halogens is 2. The molecule has 0 amide bonds. The number of benzene rings is 1. The molecule has 0 aliphatic heterocycles. The topological polar surface area (TPSA) is 30.0 Å². The van der Waals surface area contributed by atoms with Crippen molar-refractivity contribution in [1.82, 2.24) is 4.98 Å². The van der Waals surface area contributed by atoms with Crippen LogP contribution in [0, 0.1) is 5.82 Å². The minimum atomic E-state index is -0.612. The predicted molar refractivity (Wildman–Crippen MR) is 59.8 cm³/mol. The molecule has 0 aliphatic carbocycles. The third-order valence-electron chi connectivity index (χ3n) is 2.17. The molecule has 4 heteroatoms. The maximum atomic E-state index is 13.1. The van der Waals surface area contributed by atoms with E-state index < -0.39 is 11.1 Å². The first-order valence-corrected chi connectivity index (χ1v) is 4.96. The van der Waals surface area contributed by atoms with E-state index in [0.717, 1.165) is 0 Å². The predicted octanol–water partition coefficient (Wildman–Crippen LogP) is 3.27. The summed E-state index contributed by atoms with van der Waals surface area (Å²) in [6, 6.07) is 7.29. The smallest absolute Gasteiger partial charge is 0.253 e. The van der Waals surface area contributed by atoms with Gasteiger partial charge in [0.15, 0.2) is 0 Å². The van der Waals surface area contributed by atoms with Crippen molar-refractivity contribution in [2.24, 2.45) is 0 Å². The van der Waals surface area contributed by atoms with Gasteiger partial charge in [-0.2, -0.15) is 0 Å². The molecule has 0 N–H and O–H groups in total. The van der Waals surface area contributed by atoms with Crippen molar-refractivity contribution in [2.75, 3.05) is 0 Å². The summed E-state index contributed by atoms with van der Waals surface area (Å²) in [6.45, 7) is 0. The average Bonchev–Trinajstić information content (AvgIpc) is 2.29. The van der Waals surface area contributed by atoms with Gasteiger partial charge >= 0.3 is 0 Å². The molecule has 80 valence electrons. The Morgan fingerprint density at radius 1 is 1.31 bits per heavy atom. The maximum absolute atomic E-state index is 13.1. The average molecular weight is 236 g/mol. The van der Waals surface area contributed by atoms with Crippen molar-refractivity contribution in [3.63, 3.8) is 0 Å². The van der Waals surface area contributed by atoms with Crippen LogP contribution in [0.1, 0.15) is 10.4 Å². The molecule has 1 heterocycles. The van der Waals surface area contributed by atoms with Crippen LogP contribution in [-0.2, 0) is 0 Å². The summed E-state index contributed by atoms with van der Waals surface area (Å²) >= 11 is 5.43. The van der Waals surface area contributed by atoms with Gasteiger partial charge in [0.2, 0.25) is 0 Å². The molecule has 0 saturated carbocycles. The molecular weight excluding hydrogens is 229 g/mol. The van der Waals surface area contributed by atoms with Gasteiger partial charge in [0.25, 0.3) is 5.24 Å². The first kappa shape index (κ1) is 10.8. The fourth-order valence-electron chi connectivity index (χ4n) is 1.45. The van der Waals surface area contributed by atoms with E-state index in [-0.39, 0.29) is 5.56 Å². The third kappa shape index (κ3) is 2.09. The van der Waals surface area contributed by atoms with Crippen molar-refractivity contribution in [3.05, 3.63) is 54.1 Å². The van der Waals surface area contributed by atoms with Crippen LogP contribution < -0.4 is 0 Å². The summed E-state index contributed by atoms with van der Waals surface area (Å²) in [6.07, 6.45) is 3.16. The molecule has 16 heavy (non-hydrogen) atoms. The van der Waals surface area contributed by atoms with Crippen LogP contribution in [0.4, 0.5) is 4.39 Å². The van der Waals surface area contributed by atoms with Gasteiger partial charge in [-0.3, -0.25) is 9.78 Å². The first-order valence-electron chi connectivity index (χ1n) is 4.58. The minimum absolute atomic E-state index is 0.274. The monoisotopic (exact) mass is 235 g/mol. The number of rotatable bonds is 2. The molecule has 0 radical (unpaired) electrons. The van der Waals surface area contributed by atoms with Gasteiger partial charge in [-0.05, 0) is 41.4 Å². The molecule has 1 aromatic carbocycles. The van der Waals surface area contributed by atoms with E-state index in [2.05, 4.69) is 4.98 Å². The number of hydrogen-bond donors (Lipinski definition) is 0. The summed E-state index contributed by atoms with van der Waals surface area (Å²) in [5.74, 6) is -0.416. The maximum Gasteiger partial charge on any atom is 0.253 e. The Labute approximate surface area is 96.7 Å². The highest BCUT2D eigenvalue weighted by molar-refractivity contribution is 6.68. The normalized spacial score (nSPS) is 10.1. The summed E-state index contributed by atoms with van der Waals surface area (Å²) in [5, 5.41) is -0.612. The zero-order valence-electron chi connectivity index (χ0n) is 8.15. The molecule has 2 nitrogen and oxygen atoms in total. The lowest BCUT2D eigenvalue weighted by Gasteiger charge is -2.05. The molecule has 0 unspecified atom stereocenters. The van der Waals surface area contributed by atoms with Gasteiger partial charge in [-0.1, -0.05) is 6.07 Å². The van der Waals surface area contributed by atoms with E-state index in [1.165, 1.54) is 18.2 Å². The standard InChI is InChI=1S/C12H7ClFNO/c13-12(16)10-4-3-9(14)6-11(10)8-2-1-5-15-7-8/h1-7H. The van der Waals surface area contributed by atoms with Crippen molar-refractivity contribution < 1.29 is 9.18 Å². The lowest BCUT2D eigenvalue weighted by atomic mass is 10.0. The van der Waals surface area contributed by atoms with Crippen LogP contribution in [0.15, 0.2) is 42.7 Å². The van der Waals surface area contributed by atoms with Crippen LogP contribution in [-0.4, -0.2) is 10.2 Å². The number of carbonyl (C=O) groups excluding carboxylic acids is 1. The molecule has 0 atom stereocenters. The second-order valence-electron chi connectivity index (χ2n) is 3.21. The Kier molecular flexibility index (Phi) is 2.97. The summed E-state index contributed by atoms with van der Waals surface area (Å²) in [4.78, 5) is 15.1. The number of carbonyl (C=O) groups is 1. The van der Waals surface area contributed by atoms with E-state index >= 15 is 0 Å². The molecule has 0 aliphatic rings. The zero-order valence-corrected chi connectivity index (χ0v) is 8.91. The quantitative estimate of drug-likeness (QED) is 0.748. The molecule has 1 aromatic heterocycles. The van der Waals surface area contributed by atoms with Gasteiger partial charge in [0.05, 0.1) is 0 Å². The highest BCUT2D eigenvalue weighted by atomic mass is 35.5. The van der Waals surface area contributed by atoms with Crippen molar-refractivity contribution in [3.8, 4) is 11.1 Å². The van der Waals surface area contributed by atoms with Crippen LogP contribution in [0.25, 0.3) is 11.1 Å². The summed E-state index contributed by atoms with van der Waals surface area (Å²) < 4.78 is 13.1. The van der Waals surface area contributed by atoms with Gasteiger partial charge in [0, 0.05) is 23.5 Å². The summed E-state index contributed by atoms with van der Waals surface area (Å²) in [5.41, 5.74) is 1.38. The first-order chi connectivity index (χ1) is 7.68. The van der Waals surface area contributed by atoms with Crippen molar-refractivity contribution in [1.29, 1.82) is 0 Å². The largest absolute Gasteiger partial charge is 0.276 e. The lowest BCUT2D eigenvalue weighted by molar-refractivity contribution is 0.108. The fraction of sp³-hybridized carbons (Fsp3) is 0. The van der Waals surface area contributed by atoms with Crippen molar-refractivity contribution >= 4 is 16.8 Å². The number of hydrogen-bond acceptors (Lipinski definition) is 2. The van der Waals surface area contributed by atoms with Crippen LogP contribution in [0.3, 0.4) is 0 Å². The summed E-state index contributed by atoms with van der Waals surface area (Å²) in [7, 11) is 0. The number of nitrogens with zero attached hydrogens (tertiary/aromatic N) is 1. The highest BCUT2D eigenvalue weighted by Crippen LogP contribution is 2.25. The van der Waals surface area contributed by atoms with E-state index in [9.17, 15) is 9.18 Å².